The van der Waals surface area contributed by atoms with Crippen molar-refractivity contribution in [2.45, 2.75) is 37.8 Å². The van der Waals surface area contributed by atoms with Crippen molar-refractivity contribution in [3.8, 4) is 0 Å². The molecule has 2 amide bonds. The van der Waals surface area contributed by atoms with E-state index in [4.69, 9.17) is 0 Å². The van der Waals surface area contributed by atoms with E-state index in [1.54, 1.807) is 49.2 Å². The highest BCUT2D eigenvalue weighted by molar-refractivity contribution is 9.10. The highest BCUT2D eigenvalue weighted by atomic mass is 79.9. The number of halogens is 2. The lowest BCUT2D eigenvalue weighted by Gasteiger charge is -2.36. The third kappa shape index (κ3) is 4.55. The summed E-state index contributed by atoms with van der Waals surface area (Å²) in [7, 11) is 1.61. The number of hydrogen-bond acceptors (Lipinski definition) is 3. The molecule has 0 spiro atoms. The normalized spacial score (nSPS) is 19.9. The molecule has 1 atom stereocenters. The van der Waals surface area contributed by atoms with Gasteiger partial charge in [0.15, 0.2) is 0 Å². The van der Waals surface area contributed by atoms with Crippen molar-refractivity contribution >= 4 is 27.7 Å². The molecular formula is C19H22BrFN4O2. The zero-order valence-corrected chi connectivity index (χ0v) is 16.8. The first-order valence-corrected chi connectivity index (χ1v) is 9.63. The second-order valence-corrected chi connectivity index (χ2v) is 7.82. The molecular weight excluding hydrogens is 415 g/mol. The molecule has 1 heterocycles. The van der Waals surface area contributed by atoms with Crippen molar-refractivity contribution < 1.29 is 14.0 Å². The van der Waals surface area contributed by atoms with Crippen molar-refractivity contribution in [1.29, 1.82) is 0 Å². The quantitative estimate of drug-likeness (QED) is 0.756. The third-order valence-electron chi connectivity index (χ3n) is 4.95. The number of nitrogens with one attached hydrogen (secondary N) is 1. The predicted molar refractivity (Wildman–Crippen MR) is 103 cm³/mol. The van der Waals surface area contributed by atoms with Gasteiger partial charge in [0.05, 0.1) is 11.0 Å². The Kier molecular flexibility index (Phi) is 5.94. The van der Waals surface area contributed by atoms with Gasteiger partial charge in [0, 0.05) is 25.5 Å². The summed E-state index contributed by atoms with van der Waals surface area (Å²) in [5.74, 6) is -0.315. The van der Waals surface area contributed by atoms with E-state index in [0.29, 0.717) is 10.4 Å². The van der Waals surface area contributed by atoms with Gasteiger partial charge in [0.25, 0.3) is 0 Å². The first-order valence-electron chi connectivity index (χ1n) is 8.83. The highest BCUT2D eigenvalue weighted by Gasteiger charge is 2.32. The summed E-state index contributed by atoms with van der Waals surface area (Å²) in [5.41, 5.74) is 1.06. The van der Waals surface area contributed by atoms with Crippen LogP contribution in [0, 0.1) is 5.82 Å². The molecule has 0 saturated heterocycles. The van der Waals surface area contributed by atoms with E-state index in [-0.39, 0.29) is 30.2 Å². The molecule has 1 saturated carbocycles. The smallest absolute Gasteiger partial charge is 0.247 e. The van der Waals surface area contributed by atoms with E-state index < -0.39 is 6.04 Å². The fourth-order valence-electron chi connectivity index (χ4n) is 3.28. The zero-order valence-electron chi connectivity index (χ0n) is 15.2. The van der Waals surface area contributed by atoms with Crippen LogP contribution in [-0.2, 0) is 9.59 Å². The van der Waals surface area contributed by atoms with Crippen LogP contribution >= 0.6 is 15.9 Å². The van der Waals surface area contributed by atoms with Gasteiger partial charge in [-0.25, -0.2) is 4.39 Å². The average molecular weight is 437 g/mol. The Hall–Kier alpha value is -2.22. The van der Waals surface area contributed by atoms with Crippen LogP contribution in [-0.4, -0.2) is 46.1 Å². The summed E-state index contributed by atoms with van der Waals surface area (Å²) in [6, 6.07) is 6.41. The number of carbonyl (C=O) groups is 2. The average Bonchev–Trinajstić information content (AvgIpc) is 3.13. The predicted octanol–water partition coefficient (Wildman–Crippen LogP) is 2.87. The SMILES string of the molecule is CC(C(=O)N(C)CC(=O)NC1CC(c2ccc(F)c(Br)c2)C1)n1cccn1. The Labute approximate surface area is 165 Å². The Bertz CT molecular complexity index is 821. The van der Waals surface area contributed by atoms with Crippen LogP contribution in [0.1, 0.15) is 37.3 Å². The number of carbonyl (C=O) groups excluding carboxylic acids is 2. The van der Waals surface area contributed by atoms with E-state index in [0.717, 1.165) is 18.4 Å². The minimum absolute atomic E-state index is 0.00764. The number of nitrogens with zero attached hydrogens (tertiary/aromatic N) is 3. The van der Waals surface area contributed by atoms with Crippen LogP contribution in [0.25, 0.3) is 0 Å². The maximum atomic E-state index is 13.3. The molecule has 6 nitrogen and oxygen atoms in total. The first kappa shape index (κ1) is 19.5. The summed E-state index contributed by atoms with van der Waals surface area (Å²) in [4.78, 5) is 26.0. The van der Waals surface area contributed by atoms with E-state index in [2.05, 4.69) is 26.3 Å². The van der Waals surface area contributed by atoms with E-state index in [9.17, 15) is 14.0 Å². The van der Waals surface area contributed by atoms with Gasteiger partial charge < -0.3 is 10.2 Å². The number of benzene rings is 1. The Morgan fingerprint density at radius 3 is 2.81 bits per heavy atom. The summed E-state index contributed by atoms with van der Waals surface area (Å²) >= 11 is 3.20. The second-order valence-electron chi connectivity index (χ2n) is 6.96. The molecule has 1 aliphatic carbocycles. The minimum atomic E-state index is -0.456. The summed E-state index contributed by atoms with van der Waals surface area (Å²) in [6.45, 7) is 1.76. The van der Waals surface area contributed by atoms with Gasteiger partial charge in [-0.2, -0.15) is 5.10 Å². The van der Waals surface area contributed by atoms with Gasteiger partial charge in [0.1, 0.15) is 11.9 Å². The third-order valence-corrected chi connectivity index (χ3v) is 5.56. The zero-order chi connectivity index (χ0) is 19.6. The van der Waals surface area contributed by atoms with Crippen LogP contribution in [0.5, 0.6) is 0 Å². The first-order chi connectivity index (χ1) is 12.8. The fourth-order valence-corrected chi connectivity index (χ4v) is 3.68. The largest absolute Gasteiger partial charge is 0.352 e. The summed E-state index contributed by atoms with van der Waals surface area (Å²) in [6.07, 6.45) is 4.96. The highest BCUT2D eigenvalue weighted by Crippen LogP contribution is 2.38. The molecule has 1 aromatic carbocycles. The van der Waals surface area contributed by atoms with E-state index >= 15 is 0 Å². The lowest BCUT2D eigenvalue weighted by atomic mass is 9.76. The molecule has 27 heavy (non-hydrogen) atoms. The Balaban J connectivity index is 1.45. The number of likely N-dealkylation sites (N-methyl/N-ethyl adjacent to an activating group) is 1. The van der Waals surface area contributed by atoms with Crippen molar-refractivity contribution in [1.82, 2.24) is 20.0 Å². The van der Waals surface area contributed by atoms with E-state index in [1.165, 1.54) is 11.0 Å². The molecule has 3 rings (SSSR count). The maximum absolute atomic E-state index is 13.3. The van der Waals surface area contributed by atoms with Crippen LogP contribution in [0.3, 0.4) is 0 Å². The molecule has 8 heteroatoms. The van der Waals surface area contributed by atoms with Crippen LogP contribution in [0.15, 0.2) is 41.1 Å². The Morgan fingerprint density at radius 1 is 1.44 bits per heavy atom. The lowest BCUT2D eigenvalue weighted by Crippen LogP contribution is -2.48. The molecule has 0 bridgehead atoms. The summed E-state index contributed by atoms with van der Waals surface area (Å²) < 4.78 is 15.3. The molecule has 1 N–H and O–H groups in total. The number of hydrogen-bond donors (Lipinski definition) is 1. The molecule has 144 valence electrons. The lowest BCUT2D eigenvalue weighted by molar-refractivity contribution is -0.137. The topological polar surface area (TPSA) is 67.2 Å². The molecule has 2 aromatic rings. The monoisotopic (exact) mass is 436 g/mol. The van der Waals surface area contributed by atoms with Crippen molar-refractivity contribution in [3.05, 3.63) is 52.5 Å². The van der Waals surface area contributed by atoms with Crippen molar-refractivity contribution in [2.24, 2.45) is 0 Å². The maximum Gasteiger partial charge on any atom is 0.247 e. The van der Waals surface area contributed by atoms with Gasteiger partial charge in [0.2, 0.25) is 11.8 Å². The molecule has 0 radical (unpaired) electrons. The Morgan fingerprint density at radius 2 is 2.19 bits per heavy atom. The van der Waals surface area contributed by atoms with Crippen LogP contribution in [0.4, 0.5) is 4.39 Å². The van der Waals surface area contributed by atoms with Crippen LogP contribution in [0.2, 0.25) is 0 Å². The van der Waals surface area contributed by atoms with Gasteiger partial charge in [-0.05, 0) is 65.4 Å². The van der Waals surface area contributed by atoms with Gasteiger partial charge >= 0.3 is 0 Å². The van der Waals surface area contributed by atoms with E-state index in [1.807, 2.05) is 0 Å². The van der Waals surface area contributed by atoms with Gasteiger partial charge in [-0.3, -0.25) is 14.3 Å². The van der Waals surface area contributed by atoms with Crippen LogP contribution < -0.4 is 5.32 Å². The molecule has 1 unspecified atom stereocenters. The van der Waals surface area contributed by atoms with Crippen molar-refractivity contribution in [2.75, 3.05) is 13.6 Å². The summed E-state index contributed by atoms with van der Waals surface area (Å²) in [5, 5.41) is 7.02. The number of aromatic nitrogens is 2. The number of amides is 2. The molecule has 1 aliphatic rings. The standard InChI is InChI=1S/C19H22BrFN4O2/c1-12(25-7-3-6-22-25)19(27)24(2)11-18(26)23-15-8-14(9-15)13-4-5-17(21)16(20)10-13/h3-7,10,12,14-15H,8-9,11H2,1-2H3,(H,23,26). The van der Waals surface area contributed by atoms with Gasteiger partial charge in [-0.15, -0.1) is 0 Å². The molecule has 0 aliphatic heterocycles. The minimum Gasteiger partial charge on any atom is -0.352 e. The second kappa shape index (κ2) is 8.21. The van der Waals surface area contributed by atoms with Crippen molar-refractivity contribution in [3.63, 3.8) is 0 Å². The number of rotatable bonds is 6. The fraction of sp³-hybridized carbons (Fsp3) is 0.421. The van der Waals surface area contributed by atoms with Gasteiger partial charge in [-0.1, -0.05) is 6.07 Å². The molecule has 1 fully saturated rings. The molecule has 1 aromatic heterocycles.